The summed E-state index contributed by atoms with van der Waals surface area (Å²) in [5.74, 6) is 0.873. The number of aromatic nitrogens is 3. The van der Waals surface area contributed by atoms with Gasteiger partial charge in [-0.3, -0.25) is 9.55 Å². The normalized spacial score (nSPS) is 13.0. The highest BCUT2D eigenvalue weighted by Crippen LogP contribution is 2.47. The summed E-state index contributed by atoms with van der Waals surface area (Å²) in [4.78, 5) is 11.9. The lowest BCUT2D eigenvalue weighted by atomic mass is 9.92. The van der Waals surface area contributed by atoms with Gasteiger partial charge in [-0.25, -0.2) is 4.98 Å². The van der Waals surface area contributed by atoms with Crippen molar-refractivity contribution < 1.29 is 4.42 Å². The lowest BCUT2D eigenvalue weighted by Crippen LogP contribution is -1.96. The molecule has 5 heterocycles. The first kappa shape index (κ1) is 30.0. The van der Waals surface area contributed by atoms with Crippen LogP contribution in [0.5, 0.6) is 0 Å². The van der Waals surface area contributed by atoms with Crippen molar-refractivity contribution >= 4 is 67.8 Å². The maximum atomic E-state index is 6.51. The van der Waals surface area contributed by atoms with Gasteiger partial charge in [0.1, 0.15) is 17.0 Å². The molecule has 0 atom stereocenters. The van der Waals surface area contributed by atoms with Gasteiger partial charge in [0.15, 0.2) is 0 Å². The van der Waals surface area contributed by atoms with E-state index in [0.29, 0.717) is 0 Å². The molecule has 0 saturated carbocycles. The summed E-state index contributed by atoms with van der Waals surface area (Å²) in [6, 6.07) is 54.0. The Hall–Kier alpha value is -6.69. The number of pyridine rings is 2. The molecule has 0 radical (unpaired) electrons. The van der Waals surface area contributed by atoms with Crippen molar-refractivity contribution in [1.29, 1.82) is 0 Å². The van der Waals surface area contributed by atoms with Gasteiger partial charge in [-0.2, -0.15) is 0 Å². The third-order valence-electron chi connectivity index (χ3n) is 10.4. The number of nitrogens with zero attached hydrogens (tertiary/aromatic N) is 3. The summed E-state index contributed by atoms with van der Waals surface area (Å²) in [5.41, 5.74) is 14.1. The summed E-state index contributed by atoms with van der Waals surface area (Å²) in [7, 11) is 0. The van der Waals surface area contributed by atoms with E-state index in [9.17, 15) is 0 Å². The van der Waals surface area contributed by atoms with Crippen LogP contribution in [0.2, 0.25) is 0 Å². The third-order valence-corrected chi connectivity index (χ3v) is 11.5. The Bertz CT molecular complexity index is 3100. The maximum absolute atomic E-state index is 6.51. The Labute approximate surface area is 309 Å². The number of rotatable bonds is 2. The first-order valence-corrected chi connectivity index (χ1v) is 18.5. The molecule has 53 heavy (non-hydrogen) atoms. The second-order valence-electron chi connectivity index (χ2n) is 13.4. The van der Waals surface area contributed by atoms with Gasteiger partial charge in [0.05, 0.1) is 16.6 Å². The Kier molecular flexibility index (Phi) is 6.76. The lowest BCUT2D eigenvalue weighted by Gasteiger charge is -2.16. The minimum absolute atomic E-state index is 0.873. The molecule has 0 unspecified atom stereocenters. The molecule has 0 bridgehead atoms. The zero-order valence-corrected chi connectivity index (χ0v) is 29.2. The van der Waals surface area contributed by atoms with Crippen molar-refractivity contribution in [3.05, 3.63) is 175 Å². The molecule has 6 aromatic carbocycles. The zero-order chi connectivity index (χ0) is 34.9. The Morgan fingerprint density at radius 1 is 0.453 bits per heavy atom. The zero-order valence-electron chi connectivity index (χ0n) is 28.4. The molecule has 0 N–H and O–H groups in total. The van der Waals surface area contributed by atoms with E-state index in [0.717, 1.165) is 77.5 Å². The molecular formula is C48H29N3OS. The van der Waals surface area contributed by atoms with Gasteiger partial charge < -0.3 is 4.42 Å². The fourth-order valence-electron chi connectivity index (χ4n) is 7.87. The van der Waals surface area contributed by atoms with Crippen LogP contribution >= 0.6 is 11.8 Å². The molecular weight excluding hydrogens is 667 g/mol. The molecule has 4 aromatic heterocycles. The van der Waals surface area contributed by atoms with Crippen LogP contribution in [0.3, 0.4) is 0 Å². The van der Waals surface area contributed by atoms with Gasteiger partial charge in [0, 0.05) is 38.3 Å². The van der Waals surface area contributed by atoms with Crippen molar-refractivity contribution in [1.82, 2.24) is 14.5 Å². The number of furan rings is 1. The van der Waals surface area contributed by atoms with E-state index >= 15 is 0 Å². The molecule has 0 saturated heterocycles. The number of hydrogen-bond acceptors (Lipinski definition) is 4. The van der Waals surface area contributed by atoms with Crippen molar-refractivity contribution in [2.75, 3.05) is 0 Å². The second-order valence-corrected chi connectivity index (χ2v) is 14.5. The van der Waals surface area contributed by atoms with Gasteiger partial charge in [-0.05, 0) is 111 Å². The highest BCUT2D eigenvalue weighted by atomic mass is 32.2. The molecule has 0 amide bonds. The molecule has 248 valence electrons. The first-order chi connectivity index (χ1) is 26.3. The van der Waals surface area contributed by atoms with E-state index in [2.05, 4.69) is 138 Å². The van der Waals surface area contributed by atoms with Crippen LogP contribution in [0, 0.1) is 0 Å². The lowest BCUT2D eigenvalue weighted by molar-refractivity contribution is 0.669. The predicted octanol–water partition coefficient (Wildman–Crippen LogP) is 13.1. The Morgan fingerprint density at radius 3 is 2.15 bits per heavy atom. The molecule has 1 aliphatic heterocycles. The second kappa shape index (κ2) is 11.9. The van der Waals surface area contributed by atoms with E-state index < -0.39 is 0 Å². The van der Waals surface area contributed by atoms with Crippen LogP contribution in [-0.4, -0.2) is 14.5 Å². The summed E-state index contributed by atoms with van der Waals surface area (Å²) in [5, 5.41) is 3.34. The highest BCUT2D eigenvalue weighted by molar-refractivity contribution is 7.99. The van der Waals surface area contributed by atoms with Crippen molar-refractivity contribution in [3.63, 3.8) is 0 Å². The van der Waals surface area contributed by atoms with E-state index in [4.69, 9.17) is 14.4 Å². The standard InChI is InChI=1S/C48H29N3OS/c1-2-11-34-30(10-1)18-19-31-20-21-32(33-22-23-41-40(27-33)48-42(14-9-25-50-48)51(41)47-17-7-8-24-49-47)26-37(31)39-28-44-38(35-12-3-5-15-43(35)52-44)29-46(39)53-45-16-6-4-13-36(34)45/h1-29H/b19-18-. The Morgan fingerprint density at radius 2 is 1.23 bits per heavy atom. The van der Waals surface area contributed by atoms with Gasteiger partial charge >= 0.3 is 0 Å². The Balaban J connectivity index is 1.16. The van der Waals surface area contributed by atoms with Gasteiger partial charge in [-0.1, -0.05) is 109 Å². The molecule has 1 aliphatic rings. The van der Waals surface area contributed by atoms with Gasteiger partial charge in [-0.15, -0.1) is 0 Å². The smallest absolute Gasteiger partial charge is 0.137 e. The van der Waals surface area contributed by atoms with Gasteiger partial charge in [0.25, 0.3) is 0 Å². The quantitative estimate of drug-likeness (QED) is 0.181. The maximum Gasteiger partial charge on any atom is 0.137 e. The number of hydrogen-bond donors (Lipinski definition) is 0. The number of benzene rings is 6. The largest absolute Gasteiger partial charge is 0.456 e. The van der Waals surface area contributed by atoms with Crippen LogP contribution in [-0.2, 0) is 0 Å². The van der Waals surface area contributed by atoms with Crippen molar-refractivity contribution in [2.24, 2.45) is 0 Å². The summed E-state index contributed by atoms with van der Waals surface area (Å²) >= 11 is 1.82. The van der Waals surface area contributed by atoms with Crippen LogP contribution in [0.4, 0.5) is 0 Å². The van der Waals surface area contributed by atoms with Crippen LogP contribution in [0.1, 0.15) is 11.1 Å². The van der Waals surface area contributed by atoms with E-state index in [1.54, 1.807) is 0 Å². The topological polar surface area (TPSA) is 43.9 Å². The fraction of sp³-hybridized carbons (Fsp3) is 0. The predicted molar refractivity (Wildman–Crippen MR) is 219 cm³/mol. The average Bonchev–Trinajstić information content (AvgIpc) is 3.74. The molecule has 4 nitrogen and oxygen atoms in total. The fourth-order valence-corrected chi connectivity index (χ4v) is 9.00. The minimum Gasteiger partial charge on any atom is -0.456 e. The van der Waals surface area contributed by atoms with Crippen LogP contribution in [0.25, 0.3) is 95.2 Å². The summed E-state index contributed by atoms with van der Waals surface area (Å²) in [6.45, 7) is 0. The minimum atomic E-state index is 0.873. The summed E-state index contributed by atoms with van der Waals surface area (Å²) < 4.78 is 8.71. The van der Waals surface area contributed by atoms with E-state index in [-0.39, 0.29) is 0 Å². The highest BCUT2D eigenvalue weighted by Gasteiger charge is 2.20. The first-order valence-electron chi connectivity index (χ1n) is 17.7. The molecule has 0 spiro atoms. The van der Waals surface area contributed by atoms with Gasteiger partial charge in [0.2, 0.25) is 0 Å². The molecule has 11 rings (SSSR count). The molecule has 10 aromatic rings. The molecule has 0 aliphatic carbocycles. The van der Waals surface area contributed by atoms with E-state index in [1.165, 1.54) is 26.5 Å². The summed E-state index contributed by atoms with van der Waals surface area (Å²) in [6.07, 6.45) is 8.22. The monoisotopic (exact) mass is 695 g/mol. The van der Waals surface area contributed by atoms with Crippen LogP contribution in [0.15, 0.2) is 178 Å². The third kappa shape index (κ3) is 4.85. The van der Waals surface area contributed by atoms with Crippen LogP contribution < -0.4 is 0 Å². The molecule has 0 fully saturated rings. The number of fused-ring (bicyclic) bond motifs is 12. The van der Waals surface area contributed by atoms with Crippen molar-refractivity contribution in [3.8, 4) is 39.2 Å². The van der Waals surface area contributed by atoms with Crippen molar-refractivity contribution in [2.45, 2.75) is 9.79 Å². The SMILES string of the molecule is C1=C\c2ccc(-c3ccc4c(c3)c3ncccc3n4-c3ccccn3)cc2-c2cc3oc4ccccc4c3cc2Sc2ccccc2-c2ccccc2/1. The average molecular weight is 696 g/mol. The number of para-hydroxylation sites is 1. The van der Waals surface area contributed by atoms with E-state index in [1.807, 2.05) is 54.5 Å². The molecule has 5 heteroatoms.